The van der Waals surface area contributed by atoms with Crippen LogP contribution in [0, 0.1) is 0 Å². The van der Waals surface area contributed by atoms with Crippen molar-refractivity contribution < 1.29 is 9.47 Å². The van der Waals surface area contributed by atoms with Crippen molar-refractivity contribution in [2.24, 2.45) is 0 Å². The van der Waals surface area contributed by atoms with Crippen molar-refractivity contribution in [2.75, 3.05) is 44.8 Å². The van der Waals surface area contributed by atoms with Crippen LogP contribution >= 0.6 is 0 Å². The molecule has 8 heteroatoms. The highest BCUT2D eigenvalue weighted by Gasteiger charge is 2.21. The first-order chi connectivity index (χ1) is 13.8. The first kappa shape index (κ1) is 17.4. The smallest absolute Gasteiger partial charge is 0.224 e. The van der Waals surface area contributed by atoms with Crippen LogP contribution in [0.2, 0.25) is 0 Å². The van der Waals surface area contributed by atoms with Crippen molar-refractivity contribution in [3.8, 4) is 5.88 Å². The Labute approximate surface area is 163 Å². The Morgan fingerprint density at radius 2 is 1.96 bits per heavy atom. The summed E-state index contributed by atoms with van der Waals surface area (Å²) in [7, 11) is 1.65. The number of imidazole rings is 1. The molecule has 0 saturated carbocycles. The fourth-order valence-corrected chi connectivity index (χ4v) is 4.06. The van der Waals surface area contributed by atoms with Crippen molar-refractivity contribution in [3.05, 3.63) is 42.2 Å². The van der Waals surface area contributed by atoms with Gasteiger partial charge >= 0.3 is 0 Å². The van der Waals surface area contributed by atoms with Gasteiger partial charge in [-0.1, -0.05) is 0 Å². The van der Waals surface area contributed by atoms with E-state index in [9.17, 15) is 0 Å². The monoisotopic (exact) mass is 380 g/mol. The first-order valence-corrected chi connectivity index (χ1v) is 9.69. The third-order valence-corrected chi connectivity index (χ3v) is 5.61. The maximum atomic E-state index is 5.49. The molecule has 0 amide bonds. The third-order valence-electron chi connectivity index (χ3n) is 5.61. The molecule has 5 rings (SSSR count). The summed E-state index contributed by atoms with van der Waals surface area (Å²) in [6.07, 6.45) is 3.55. The molecule has 0 aliphatic carbocycles. The molecular weight excluding hydrogens is 356 g/mol. The molecule has 0 spiro atoms. The van der Waals surface area contributed by atoms with E-state index in [1.165, 1.54) is 11.4 Å². The highest BCUT2D eigenvalue weighted by molar-refractivity contribution is 5.86. The number of rotatable bonds is 4. The van der Waals surface area contributed by atoms with Gasteiger partial charge in [-0.2, -0.15) is 0 Å². The summed E-state index contributed by atoms with van der Waals surface area (Å²) in [4.78, 5) is 18.0. The molecule has 2 aliphatic rings. The average Bonchev–Trinajstić information content (AvgIpc) is 3.16. The number of fused-ring (bicyclic) bond motifs is 2. The molecule has 1 saturated heterocycles. The number of anilines is 1. The van der Waals surface area contributed by atoms with E-state index < -0.39 is 0 Å². The summed E-state index contributed by atoms with van der Waals surface area (Å²) >= 11 is 0. The zero-order chi connectivity index (χ0) is 18.9. The van der Waals surface area contributed by atoms with Gasteiger partial charge < -0.3 is 18.9 Å². The van der Waals surface area contributed by atoms with Crippen LogP contribution in [0.3, 0.4) is 0 Å². The average molecular weight is 380 g/mol. The Hall–Kier alpha value is -2.71. The number of hydrogen-bond donors (Lipinski definition) is 0. The van der Waals surface area contributed by atoms with E-state index in [0.717, 1.165) is 62.6 Å². The molecule has 4 heterocycles. The number of aromatic nitrogens is 4. The Morgan fingerprint density at radius 3 is 2.82 bits per heavy atom. The summed E-state index contributed by atoms with van der Waals surface area (Å²) in [5.74, 6) is 1.67. The fraction of sp³-hybridized carbons (Fsp3) is 0.450. The third kappa shape index (κ3) is 3.18. The zero-order valence-corrected chi connectivity index (χ0v) is 16.0. The van der Waals surface area contributed by atoms with Crippen LogP contribution in [0.15, 0.2) is 30.7 Å². The second-order valence-electron chi connectivity index (χ2n) is 7.22. The van der Waals surface area contributed by atoms with Gasteiger partial charge in [-0.15, -0.1) is 0 Å². The van der Waals surface area contributed by atoms with Crippen molar-refractivity contribution in [1.82, 2.24) is 24.4 Å². The first-order valence-electron chi connectivity index (χ1n) is 9.69. The second-order valence-corrected chi connectivity index (χ2v) is 7.22. The number of benzene rings is 1. The van der Waals surface area contributed by atoms with Gasteiger partial charge in [0.2, 0.25) is 5.88 Å². The molecule has 1 aromatic carbocycles. The van der Waals surface area contributed by atoms with Crippen molar-refractivity contribution in [2.45, 2.75) is 19.7 Å². The lowest BCUT2D eigenvalue weighted by atomic mass is 10.2. The Bertz CT molecular complexity index is 980. The fourth-order valence-electron chi connectivity index (χ4n) is 4.06. The Balaban J connectivity index is 1.27. The topological polar surface area (TPSA) is 68.5 Å². The second kappa shape index (κ2) is 7.37. The predicted octanol–water partition coefficient (Wildman–Crippen LogP) is 1.69. The SMILES string of the molecule is COc1ncnc2ccc(N3CCN(Cc4cnc5n4CCOC5)CC3)cc12. The molecule has 0 unspecified atom stereocenters. The van der Waals surface area contributed by atoms with Gasteiger partial charge in [0.05, 0.1) is 30.3 Å². The lowest BCUT2D eigenvalue weighted by molar-refractivity contribution is 0.0795. The molecule has 0 atom stereocenters. The van der Waals surface area contributed by atoms with E-state index in [-0.39, 0.29) is 0 Å². The van der Waals surface area contributed by atoms with Gasteiger partial charge in [0.15, 0.2) is 0 Å². The molecule has 146 valence electrons. The van der Waals surface area contributed by atoms with E-state index in [0.29, 0.717) is 12.5 Å². The van der Waals surface area contributed by atoms with Gasteiger partial charge in [0.25, 0.3) is 0 Å². The minimum absolute atomic E-state index is 0.625. The van der Waals surface area contributed by atoms with E-state index in [1.54, 1.807) is 13.4 Å². The number of methoxy groups -OCH3 is 1. The number of hydrogen-bond acceptors (Lipinski definition) is 7. The maximum absolute atomic E-state index is 5.49. The number of nitrogens with zero attached hydrogens (tertiary/aromatic N) is 6. The van der Waals surface area contributed by atoms with Crippen molar-refractivity contribution in [3.63, 3.8) is 0 Å². The van der Waals surface area contributed by atoms with Crippen molar-refractivity contribution >= 4 is 16.6 Å². The summed E-state index contributed by atoms with van der Waals surface area (Å²) in [5, 5.41) is 0.957. The summed E-state index contributed by atoms with van der Waals surface area (Å²) in [6, 6.07) is 6.32. The molecule has 1 fully saturated rings. The molecule has 0 N–H and O–H groups in total. The molecular formula is C20H24N6O2. The van der Waals surface area contributed by atoms with Crippen LogP contribution in [0.1, 0.15) is 11.5 Å². The van der Waals surface area contributed by atoms with E-state index in [2.05, 4.69) is 41.5 Å². The van der Waals surface area contributed by atoms with Gasteiger partial charge in [-0.25, -0.2) is 15.0 Å². The van der Waals surface area contributed by atoms with Gasteiger partial charge in [0, 0.05) is 51.2 Å². The Kier molecular flexibility index (Phi) is 4.58. The largest absolute Gasteiger partial charge is 0.480 e. The van der Waals surface area contributed by atoms with Gasteiger partial charge in [0.1, 0.15) is 18.8 Å². The van der Waals surface area contributed by atoms with E-state index in [1.807, 2.05) is 12.3 Å². The lowest BCUT2D eigenvalue weighted by Crippen LogP contribution is -2.46. The van der Waals surface area contributed by atoms with Crippen LogP contribution in [0.5, 0.6) is 5.88 Å². The highest BCUT2D eigenvalue weighted by Crippen LogP contribution is 2.27. The minimum Gasteiger partial charge on any atom is -0.480 e. The highest BCUT2D eigenvalue weighted by atomic mass is 16.5. The molecule has 28 heavy (non-hydrogen) atoms. The number of piperazine rings is 1. The zero-order valence-electron chi connectivity index (χ0n) is 16.0. The van der Waals surface area contributed by atoms with Crippen LogP contribution in [0.4, 0.5) is 5.69 Å². The van der Waals surface area contributed by atoms with Crippen LogP contribution in [0.25, 0.3) is 10.9 Å². The van der Waals surface area contributed by atoms with Crippen LogP contribution < -0.4 is 9.64 Å². The molecule has 8 nitrogen and oxygen atoms in total. The maximum Gasteiger partial charge on any atom is 0.224 e. The van der Waals surface area contributed by atoms with Gasteiger partial charge in [-0.3, -0.25) is 4.90 Å². The summed E-state index contributed by atoms with van der Waals surface area (Å²) in [5.41, 5.74) is 3.39. The lowest BCUT2D eigenvalue weighted by Gasteiger charge is -2.36. The van der Waals surface area contributed by atoms with Crippen molar-refractivity contribution in [1.29, 1.82) is 0 Å². The predicted molar refractivity (Wildman–Crippen MR) is 105 cm³/mol. The molecule has 0 bridgehead atoms. The Morgan fingerprint density at radius 1 is 1.07 bits per heavy atom. The normalized spacial score (nSPS) is 17.7. The molecule has 3 aromatic rings. The molecule has 2 aliphatic heterocycles. The molecule has 2 aromatic heterocycles. The number of ether oxygens (including phenoxy) is 2. The quantitative estimate of drug-likeness (QED) is 0.682. The standard InChI is InChI=1S/C20H24N6O2/c1-27-20-17-10-15(2-3-18(17)22-14-23-20)25-6-4-24(5-7-25)12-16-11-21-19-13-28-9-8-26(16)19/h2-3,10-11,14H,4-9,12-13H2,1H3. The van der Waals surface area contributed by atoms with Gasteiger partial charge in [-0.05, 0) is 18.2 Å². The van der Waals surface area contributed by atoms with Crippen LogP contribution in [-0.4, -0.2) is 64.3 Å². The molecule has 0 radical (unpaired) electrons. The van der Waals surface area contributed by atoms with Crippen LogP contribution in [-0.2, 0) is 24.4 Å². The summed E-state index contributed by atoms with van der Waals surface area (Å²) < 4.78 is 13.2. The minimum atomic E-state index is 0.625. The van der Waals surface area contributed by atoms with E-state index >= 15 is 0 Å². The van der Waals surface area contributed by atoms with E-state index in [4.69, 9.17) is 9.47 Å². The summed E-state index contributed by atoms with van der Waals surface area (Å²) in [6.45, 7) is 7.29.